The van der Waals surface area contributed by atoms with Crippen LogP contribution in [0.4, 0.5) is 8.78 Å². The summed E-state index contributed by atoms with van der Waals surface area (Å²) in [5.74, 6) is -1.37. The van der Waals surface area contributed by atoms with E-state index in [4.69, 9.17) is 10.5 Å². The second kappa shape index (κ2) is 3.67. The van der Waals surface area contributed by atoms with E-state index in [0.717, 1.165) is 12.5 Å². The van der Waals surface area contributed by atoms with Crippen LogP contribution < -0.4 is 10.5 Å². The van der Waals surface area contributed by atoms with Crippen molar-refractivity contribution in [3.63, 3.8) is 0 Å². The summed E-state index contributed by atoms with van der Waals surface area (Å²) in [6.45, 7) is 4.54. The molecule has 17 heavy (non-hydrogen) atoms. The summed E-state index contributed by atoms with van der Waals surface area (Å²) in [4.78, 5) is 0. The summed E-state index contributed by atoms with van der Waals surface area (Å²) in [6.07, 6.45) is 0.859. The number of halogens is 2. The van der Waals surface area contributed by atoms with Gasteiger partial charge in [-0.1, -0.05) is 13.8 Å². The summed E-state index contributed by atoms with van der Waals surface area (Å²) in [5, 5.41) is 0. The quantitative estimate of drug-likeness (QED) is 0.882. The average molecular weight is 241 g/mol. The van der Waals surface area contributed by atoms with Crippen molar-refractivity contribution in [2.24, 2.45) is 11.1 Å². The summed E-state index contributed by atoms with van der Waals surface area (Å²) in [7, 11) is 1.45. The third-order valence-corrected chi connectivity index (χ3v) is 4.02. The van der Waals surface area contributed by atoms with Crippen molar-refractivity contribution in [2.75, 3.05) is 13.7 Å². The van der Waals surface area contributed by atoms with Crippen molar-refractivity contribution in [3.05, 3.63) is 29.3 Å². The van der Waals surface area contributed by atoms with Gasteiger partial charge in [-0.2, -0.15) is 0 Å². The molecule has 1 aromatic carbocycles. The Labute approximate surface area is 99.8 Å². The van der Waals surface area contributed by atoms with E-state index in [1.807, 2.05) is 0 Å². The van der Waals surface area contributed by atoms with Gasteiger partial charge in [0.05, 0.1) is 7.11 Å². The highest BCUT2D eigenvalue weighted by molar-refractivity contribution is 5.47. The van der Waals surface area contributed by atoms with Crippen LogP contribution in [-0.4, -0.2) is 13.7 Å². The molecule has 2 N–H and O–H groups in total. The highest BCUT2D eigenvalue weighted by atomic mass is 19.2. The molecule has 0 heterocycles. The fourth-order valence-electron chi connectivity index (χ4n) is 2.70. The molecule has 0 bridgehead atoms. The lowest BCUT2D eigenvalue weighted by Gasteiger charge is -2.21. The van der Waals surface area contributed by atoms with E-state index >= 15 is 0 Å². The Kier molecular flexibility index (Phi) is 2.65. The van der Waals surface area contributed by atoms with Crippen LogP contribution in [0.1, 0.15) is 25.8 Å². The van der Waals surface area contributed by atoms with Gasteiger partial charge in [0, 0.05) is 23.6 Å². The molecular weight excluding hydrogens is 224 g/mol. The summed E-state index contributed by atoms with van der Waals surface area (Å²) < 4.78 is 31.7. The van der Waals surface area contributed by atoms with Gasteiger partial charge >= 0.3 is 0 Å². The first kappa shape index (κ1) is 12.3. The number of ether oxygens (including phenoxy) is 1. The smallest absolute Gasteiger partial charge is 0.162 e. The van der Waals surface area contributed by atoms with Gasteiger partial charge in [0.2, 0.25) is 0 Å². The first-order chi connectivity index (χ1) is 7.88. The Balaban J connectivity index is 2.56. The Morgan fingerprint density at radius 2 is 1.82 bits per heavy atom. The second-order valence-electron chi connectivity index (χ2n) is 5.31. The number of hydrogen-bond acceptors (Lipinski definition) is 2. The lowest BCUT2D eigenvalue weighted by molar-refractivity contribution is 0.386. The maximum atomic E-state index is 13.4. The van der Waals surface area contributed by atoms with E-state index in [9.17, 15) is 8.78 Å². The SMILES string of the molecule is COc1cc(F)c(F)cc1C1(CN)CC1(C)C. The topological polar surface area (TPSA) is 35.2 Å². The van der Waals surface area contributed by atoms with Gasteiger partial charge < -0.3 is 10.5 Å². The third-order valence-electron chi connectivity index (χ3n) is 4.02. The molecular formula is C13H17F2NO. The van der Waals surface area contributed by atoms with Crippen LogP contribution in [-0.2, 0) is 5.41 Å². The molecule has 0 saturated heterocycles. The van der Waals surface area contributed by atoms with Crippen LogP contribution >= 0.6 is 0 Å². The van der Waals surface area contributed by atoms with Gasteiger partial charge in [-0.3, -0.25) is 0 Å². The molecule has 1 saturated carbocycles. The van der Waals surface area contributed by atoms with E-state index in [0.29, 0.717) is 17.9 Å². The van der Waals surface area contributed by atoms with Crippen LogP contribution in [0.25, 0.3) is 0 Å². The molecule has 0 aromatic heterocycles. The molecule has 1 aliphatic carbocycles. The molecule has 1 fully saturated rings. The molecule has 0 radical (unpaired) electrons. The van der Waals surface area contributed by atoms with E-state index < -0.39 is 11.6 Å². The van der Waals surface area contributed by atoms with E-state index in [1.165, 1.54) is 13.2 Å². The van der Waals surface area contributed by atoms with Gasteiger partial charge in [0.25, 0.3) is 0 Å². The molecule has 0 spiro atoms. The van der Waals surface area contributed by atoms with Crippen LogP contribution in [0.15, 0.2) is 12.1 Å². The van der Waals surface area contributed by atoms with Crippen LogP contribution in [0.2, 0.25) is 0 Å². The molecule has 2 nitrogen and oxygen atoms in total. The van der Waals surface area contributed by atoms with Crippen LogP contribution in [0.5, 0.6) is 5.75 Å². The highest BCUT2D eigenvalue weighted by Gasteiger charge is 2.62. The van der Waals surface area contributed by atoms with Gasteiger partial charge in [-0.15, -0.1) is 0 Å². The first-order valence-corrected chi connectivity index (χ1v) is 5.61. The molecule has 1 aromatic rings. The maximum Gasteiger partial charge on any atom is 0.162 e. The van der Waals surface area contributed by atoms with Crippen LogP contribution in [0.3, 0.4) is 0 Å². The van der Waals surface area contributed by atoms with Crippen molar-refractivity contribution < 1.29 is 13.5 Å². The van der Waals surface area contributed by atoms with Crippen molar-refractivity contribution in [1.82, 2.24) is 0 Å². The second-order valence-corrected chi connectivity index (χ2v) is 5.31. The Morgan fingerprint density at radius 3 is 2.24 bits per heavy atom. The number of nitrogens with two attached hydrogens (primary N) is 1. The number of rotatable bonds is 3. The third kappa shape index (κ3) is 1.62. The lowest BCUT2D eigenvalue weighted by Crippen LogP contribution is -2.26. The Hall–Kier alpha value is -1.16. The zero-order valence-electron chi connectivity index (χ0n) is 10.3. The van der Waals surface area contributed by atoms with E-state index in [1.54, 1.807) is 0 Å². The summed E-state index contributed by atoms with van der Waals surface area (Å²) in [5.41, 5.74) is 6.19. The van der Waals surface area contributed by atoms with E-state index in [2.05, 4.69) is 13.8 Å². The molecule has 94 valence electrons. The molecule has 1 aliphatic rings. The molecule has 0 amide bonds. The average Bonchev–Trinajstić information content (AvgIpc) is 2.85. The Morgan fingerprint density at radius 1 is 1.29 bits per heavy atom. The van der Waals surface area contributed by atoms with Gasteiger partial charge in [-0.05, 0) is 17.9 Å². The fraction of sp³-hybridized carbons (Fsp3) is 0.538. The molecule has 1 atom stereocenters. The van der Waals surface area contributed by atoms with E-state index in [-0.39, 0.29) is 10.8 Å². The van der Waals surface area contributed by atoms with Crippen molar-refractivity contribution in [1.29, 1.82) is 0 Å². The molecule has 4 heteroatoms. The minimum absolute atomic E-state index is 0.000695. The normalized spacial score (nSPS) is 25.8. The van der Waals surface area contributed by atoms with Gasteiger partial charge in [0.1, 0.15) is 5.75 Å². The number of hydrogen-bond donors (Lipinski definition) is 1. The summed E-state index contributed by atoms with van der Waals surface area (Å²) >= 11 is 0. The van der Waals surface area contributed by atoms with Crippen molar-refractivity contribution >= 4 is 0 Å². The zero-order chi connectivity index (χ0) is 12.8. The predicted octanol–water partition coefficient (Wildman–Crippen LogP) is 2.60. The predicted molar refractivity (Wildman–Crippen MR) is 62.0 cm³/mol. The minimum Gasteiger partial charge on any atom is -0.496 e. The summed E-state index contributed by atoms with van der Waals surface area (Å²) in [6, 6.07) is 2.31. The highest BCUT2D eigenvalue weighted by Crippen LogP contribution is 2.65. The van der Waals surface area contributed by atoms with Crippen LogP contribution in [0, 0.1) is 17.0 Å². The zero-order valence-corrected chi connectivity index (χ0v) is 10.3. The standard InChI is InChI=1S/C13H17F2NO/c1-12(2)6-13(12,7-16)8-4-9(14)10(15)5-11(8)17-3/h4-5H,6-7,16H2,1-3H3. The maximum absolute atomic E-state index is 13.4. The molecule has 1 unspecified atom stereocenters. The fourth-order valence-corrected chi connectivity index (χ4v) is 2.70. The number of methoxy groups -OCH3 is 1. The molecule has 0 aliphatic heterocycles. The first-order valence-electron chi connectivity index (χ1n) is 5.61. The number of benzene rings is 1. The molecule has 2 rings (SSSR count). The lowest BCUT2D eigenvalue weighted by atomic mass is 9.87. The van der Waals surface area contributed by atoms with Crippen molar-refractivity contribution in [3.8, 4) is 5.75 Å². The van der Waals surface area contributed by atoms with Gasteiger partial charge in [0.15, 0.2) is 11.6 Å². The Bertz CT molecular complexity index is 459. The minimum atomic E-state index is -0.892. The van der Waals surface area contributed by atoms with Crippen molar-refractivity contribution in [2.45, 2.75) is 25.7 Å². The monoisotopic (exact) mass is 241 g/mol. The largest absolute Gasteiger partial charge is 0.496 e. The van der Waals surface area contributed by atoms with Gasteiger partial charge in [-0.25, -0.2) is 8.78 Å².